The Balaban J connectivity index is 0.00000106. The summed E-state index contributed by atoms with van der Waals surface area (Å²) in [5.41, 5.74) is 6.07. The van der Waals surface area contributed by atoms with Gasteiger partial charge in [-0.25, -0.2) is 4.79 Å². The van der Waals surface area contributed by atoms with E-state index in [0.29, 0.717) is 13.2 Å². The van der Waals surface area contributed by atoms with Crippen molar-refractivity contribution >= 4 is 6.03 Å². The number of nitrogens with one attached hydrogen (secondary N) is 1. The van der Waals surface area contributed by atoms with Gasteiger partial charge >= 0.3 is 6.03 Å². The maximum absolute atomic E-state index is 10.3. The van der Waals surface area contributed by atoms with Crippen LogP contribution < -0.4 is 15.8 Å². The van der Waals surface area contributed by atoms with Gasteiger partial charge in [0, 0.05) is 0 Å². The number of benzene rings is 1. The zero-order valence-corrected chi connectivity index (χ0v) is 10.1. The first-order valence-corrected chi connectivity index (χ1v) is 5.41. The Labute approximate surface area is 96.8 Å². The molecule has 1 aromatic carbocycles. The molecule has 0 fully saturated rings. The fraction of sp³-hybridized carbons (Fsp3) is 0.417. The van der Waals surface area contributed by atoms with E-state index in [1.54, 1.807) is 0 Å². The molecule has 3 N–H and O–H groups in total. The van der Waals surface area contributed by atoms with E-state index in [1.807, 2.05) is 45.0 Å². The summed E-state index contributed by atoms with van der Waals surface area (Å²) in [4.78, 5) is 10.3. The minimum atomic E-state index is -0.530. The summed E-state index contributed by atoms with van der Waals surface area (Å²) in [6.45, 7) is 6.85. The van der Waals surface area contributed by atoms with Crippen LogP contribution in [-0.2, 0) is 0 Å². The van der Waals surface area contributed by atoms with Crippen LogP contribution in [-0.4, -0.2) is 19.2 Å². The van der Waals surface area contributed by atoms with Gasteiger partial charge in [0.15, 0.2) is 0 Å². The Bertz CT molecular complexity index is 296. The third-order valence-electron chi connectivity index (χ3n) is 1.69. The van der Waals surface area contributed by atoms with Gasteiger partial charge in [0.25, 0.3) is 0 Å². The van der Waals surface area contributed by atoms with Crippen LogP contribution in [0.5, 0.6) is 5.75 Å². The van der Waals surface area contributed by atoms with Crippen LogP contribution in [0.25, 0.3) is 0 Å². The molecule has 0 heterocycles. The summed E-state index contributed by atoms with van der Waals surface area (Å²) < 4.78 is 5.34. The van der Waals surface area contributed by atoms with E-state index in [-0.39, 0.29) is 0 Å². The first kappa shape index (κ1) is 14.3. The van der Waals surface area contributed by atoms with Gasteiger partial charge in [-0.3, -0.25) is 0 Å². The van der Waals surface area contributed by atoms with Crippen molar-refractivity contribution in [3.05, 3.63) is 29.8 Å². The Morgan fingerprint density at radius 2 is 1.88 bits per heavy atom. The van der Waals surface area contributed by atoms with Gasteiger partial charge in [-0.15, -0.1) is 0 Å². The molecule has 0 unspecified atom stereocenters. The van der Waals surface area contributed by atoms with Gasteiger partial charge in [-0.05, 0) is 19.1 Å². The number of hydrogen-bond donors (Lipinski definition) is 2. The molecule has 0 atom stereocenters. The van der Waals surface area contributed by atoms with Crippen LogP contribution in [0.4, 0.5) is 4.79 Å². The maximum atomic E-state index is 10.3. The Morgan fingerprint density at radius 1 is 1.31 bits per heavy atom. The molecule has 1 rings (SSSR count). The lowest BCUT2D eigenvalue weighted by molar-refractivity contribution is 0.244. The monoisotopic (exact) mass is 224 g/mol. The molecule has 0 saturated heterocycles. The maximum Gasteiger partial charge on any atom is 0.312 e. The van der Waals surface area contributed by atoms with E-state index in [1.165, 1.54) is 5.56 Å². The number of hydrogen-bond acceptors (Lipinski definition) is 2. The van der Waals surface area contributed by atoms with Crippen LogP contribution in [0.2, 0.25) is 0 Å². The summed E-state index contributed by atoms with van der Waals surface area (Å²) >= 11 is 0. The van der Waals surface area contributed by atoms with Crippen molar-refractivity contribution in [2.75, 3.05) is 13.2 Å². The summed E-state index contributed by atoms with van der Waals surface area (Å²) in [7, 11) is 0. The van der Waals surface area contributed by atoms with Crippen LogP contribution in [0.3, 0.4) is 0 Å². The predicted octanol–water partition coefficient (Wildman–Crippen LogP) is 2.07. The van der Waals surface area contributed by atoms with Gasteiger partial charge in [0.1, 0.15) is 12.4 Å². The lowest BCUT2D eigenvalue weighted by Gasteiger charge is -2.06. The topological polar surface area (TPSA) is 64.3 Å². The van der Waals surface area contributed by atoms with Gasteiger partial charge in [-0.1, -0.05) is 31.5 Å². The fourth-order valence-electron chi connectivity index (χ4n) is 0.978. The Hall–Kier alpha value is -1.71. The average molecular weight is 224 g/mol. The SMILES string of the molecule is CC.Cc1ccc(OCCNC(N)=O)cc1. The third kappa shape index (κ3) is 6.70. The highest BCUT2D eigenvalue weighted by atomic mass is 16.5. The van der Waals surface area contributed by atoms with Crippen molar-refractivity contribution in [2.24, 2.45) is 5.73 Å². The highest BCUT2D eigenvalue weighted by Gasteiger charge is 1.93. The molecule has 0 aliphatic carbocycles. The van der Waals surface area contributed by atoms with Gasteiger partial charge in [0.05, 0.1) is 6.54 Å². The van der Waals surface area contributed by atoms with E-state index in [4.69, 9.17) is 10.5 Å². The quantitative estimate of drug-likeness (QED) is 0.769. The largest absolute Gasteiger partial charge is 0.492 e. The zero-order chi connectivity index (χ0) is 12.4. The molecule has 0 spiro atoms. The van der Waals surface area contributed by atoms with Crippen LogP contribution in [0.15, 0.2) is 24.3 Å². The minimum absolute atomic E-state index is 0.420. The van der Waals surface area contributed by atoms with Gasteiger partial charge in [-0.2, -0.15) is 0 Å². The van der Waals surface area contributed by atoms with Crippen molar-refractivity contribution in [1.29, 1.82) is 0 Å². The number of carbonyl (C=O) groups excluding carboxylic acids is 1. The third-order valence-corrected chi connectivity index (χ3v) is 1.69. The zero-order valence-electron chi connectivity index (χ0n) is 10.1. The first-order chi connectivity index (χ1) is 7.68. The summed E-state index contributed by atoms with van der Waals surface area (Å²) in [6, 6.07) is 7.19. The number of ether oxygens (including phenoxy) is 1. The molecule has 4 heteroatoms. The van der Waals surface area contributed by atoms with Crippen LogP contribution in [0.1, 0.15) is 19.4 Å². The van der Waals surface area contributed by atoms with Crippen molar-refractivity contribution in [1.82, 2.24) is 5.32 Å². The number of rotatable bonds is 4. The smallest absolute Gasteiger partial charge is 0.312 e. The first-order valence-electron chi connectivity index (χ1n) is 5.41. The molecule has 0 aliphatic rings. The van der Waals surface area contributed by atoms with Crippen molar-refractivity contribution in [2.45, 2.75) is 20.8 Å². The molecule has 0 radical (unpaired) electrons. The highest BCUT2D eigenvalue weighted by molar-refractivity contribution is 5.71. The van der Waals surface area contributed by atoms with Crippen molar-refractivity contribution in [3.8, 4) is 5.75 Å². The van der Waals surface area contributed by atoms with E-state index in [2.05, 4.69) is 5.32 Å². The van der Waals surface area contributed by atoms with Crippen molar-refractivity contribution in [3.63, 3.8) is 0 Å². The standard InChI is InChI=1S/C10H14N2O2.C2H6/c1-8-2-4-9(5-3-8)14-7-6-12-10(11)13;1-2/h2-5H,6-7H2,1H3,(H3,11,12,13);1-2H3. The number of urea groups is 1. The van der Waals surface area contributed by atoms with E-state index in [9.17, 15) is 4.79 Å². The van der Waals surface area contributed by atoms with E-state index < -0.39 is 6.03 Å². The molecule has 0 bridgehead atoms. The molecule has 0 aromatic heterocycles. The molecule has 4 nitrogen and oxygen atoms in total. The minimum Gasteiger partial charge on any atom is -0.492 e. The molecule has 1 aromatic rings. The second-order valence-corrected chi connectivity index (χ2v) is 2.95. The second-order valence-electron chi connectivity index (χ2n) is 2.95. The number of primary amides is 1. The Morgan fingerprint density at radius 3 is 2.38 bits per heavy atom. The van der Waals surface area contributed by atoms with Gasteiger partial charge < -0.3 is 15.8 Å². The second kappa shape index (κ2) is 8.59. The number of amides is 2. The molecule has 0 aliphatic heterocycles. The molecule has 90 valence electrons. The highest BCUT2D eigenvalue weighted by Crippen LogP contribution is 2.10. The van der Waals surface area contributed by atoms with Crippen LogP contribution >= 0.6 is 0 Å². The molecule has 16 heavy (non-hydrogen) atoms. The molecule has 0 saturated carbocycles. The van der Waals surface area contributed by atoms with E-state index in [0.717, 1.165) is 5.75 Å². The number of carbonyl (C=O) groups is 1. The summed E-state index contributed by atoms with van der Waals surface area (Å²) in [5.74, 6) is 0.793. The summed E-state index contributed by atoms with van der Waals surface area (Å²) in [6.07, 6.45) is 0. The lowest BCUT2D eigenvalue weighted by Crippen LogP contribution is -2.32. The normalized spacial score (nSPS) is 8.69. The molecular formula is C12H20N2O2. The van der Waals surface area contributed by atoms with Gasteiger partial charge in [0.2, 0.25) is 0 Å². The predicted molar refractivity (Wildman–Crippen MR) is 65.6 cm³/mol. The number of nitrogens with two attached hydrogens (primary N) is 1. The molecule has 2 amide bonds. The summed E-state index contributed by atoms with van der Waals surface area (Å²) in [5, 5.41) is 2.44. The Kier molecular flexibility index (Phi) is 7.67. The van der Waals surface area contributed by atoms with E-state index >= 15 is 0 Å². The lowest BCUT2D eigenvalue weighted by atomic mass is 10.2. The number of aryl methyl sites for hydroxylation is 1. The van der Waals surface area contributed by atoms with Crippen molar-refractivity contribution < 1.29 is 9.53 Å². The fourth-order valence-corrected chi connectivity index (χ4v) is 0.978. The molecular weight excluding hydrogens is 204 g/mol. The average Bonchev–Trinajstić information content (AvgIpc) is 2.29. The van der Waals surface area contributed by atoms with Crippen LogP contribution in [0, 0.1) is 6.92 Å².